The Balaban J connectivity index is 1.78. The van der Waals surface area contributed by atoms with Gasteiger partial charge in [0.25, 0.3) is 0 Å². The van der Waals surface area contributed by atoms with Crippen LogP contribution in [0.5, 0.6) is 11.5 Å². The van der Waals surface area contributed by atoms with Gasteiger partial charge < -0.3 is 9.84 Å². The van der Waals surface area contributed by atoms with Crippen LogP contribution in [0.15, 0.2) is 47.6 Å². The normalized spacial score (nSPS) is 11.1. The number of hydrogen-bond acceptors (Lipinski definition) is 5. The first-order valence-electron chi connectivity index (χ1n) is 7.72. The summed E-state index contributed by atoms with van der Waals surface area (Å²) in [6, 6.07) is 12.8. The number of aryl methyl sites for hydroxylation is 2. The van der Waals surface area contributed by atoms with Crippen molar-refractivity contribution in [3.05, 3.63) is 69.8 Å². The van der Waals surface area contributed by atoms with Crippen LogP contribution in [0.25, 0.3) is 0 Å². The van der Waals surface area contributed by atoms with Gasteiger partial charge in [-0.15, -0.1) is 0 Å². The van der Waals surface area contributed by atoms with Gasteiger partial charge in [0, 0.05) is 0 Å². The van der Waals surface area contributed by atoms with Crippen LogP contribution >= 0.6 is 12.2 Å². The van der Waals surface area contributed by atoms with Gasteiger partial charge in [0.1, 0.15) is 18.1 Å². The molecule has 0 spiro atoms. The quantitative estimate of drug-likeness (QED) is 0.541. The van der Waals surface area contributed by atoms with Gasteiger partial charge in [-0.05, 0) is 67.0 Å². The summed E-state index contributed by atoms with van der Waals surface area (Å²) in [4.78, 5) is 0. The lowest BCUT2D eigenvalue weighted by molar-refractivity contribution is 0.290. The standard InChI is InChI=1S/C18H18N4O2S/c1-12-6-13(2)8-16(7-12)24-11-17-20-21-18(25)22(17)19-10-14-4-3-5-15(23)9-14/h3-10,23H,11H2,1-2H3,(H,21,25)/b19-10-. The molecule has 0 radical (unpaired) electrons. The third-order valence-electron chi connectivity index (χ3n) is 3.47. The molecule has 0 aliphatic rings. The number of aromatic nitrogens is 3. The number of H-pyrrole nitrogens is 1. The summed E-state index contributed by atoms with van der Waals surface area (Å²) < 4.78 is 7.69. The molecule has 1 aromatic heterocycles. The molecule has 3 aromatic rings. The van der Waals surface area contributed by atoms with Crippen molar-refractivity contribution in [2.45, 2.75) is 20.5 Å². The Morgan fingerprint density at radius 3 is 2.72 bits per heavy atom. The Labute approximate surface area is 150 Å². The highest BCUT2D eigenvalue weighted by Gasteiger charge is 2.07. The summed E-state index contributed by atoms with van der Waals surface area (Å²) in [6.07, 6.45) is 1.60. The maximum Gasteiger partial charge on any atom is 0.216 e. The van der Waals surface area contributed by atoms with Crippen molar-refractivity contribution in [1.82, 2.24) is 14.9 Å². The summed E-state index contributed by atoms with van der Waals surface area (Å²) in [6.45, 7) is 4.28. The first-order valence-corrected chi connectivity index (χ1v) is 8.13. The van der Waals surface area contributed by atoms with Gasteiger partial charge in [0.2, 0.25) is 4.77 Å². The molecule has 25 heavy (non-hydrogen) atoms. The second-order valence-electron chi connectivity index (χ2n) is 5.71. The van der Waals surface area contributed by atoms with Crippen LogP contribution < -0.4 is 4.74 Å². The first kappa shape index (κ1) is 16.9. The number of aromatic hydroxyl groups is 1. The van der Waals surface area contributed by atoms with Gasteiger partial charge in [-0.25, -0.2) is 5.10 Å². The molecule has 2 aromatic carbocycles. The molecule has 7 heteroatoms. The molecule has 128 valence electrons. The van der Waals surface area contributed by atoms with E-state index in [1.165, 1.54) is 4.68 Å². The van der Waals surface area contributed by atoms with Crippen LogP contribution in [-0.4, -0.2) is 26.2 Å². The Bertz CT molecular complexity index is 955. The molecule has 0 saturated carbocycles. The molecule has 0 unspecified atom stereocenters. The number of phenolic OH excluding ortho intramolecular Hbond substituents is 1. The number of ether oxygens (including phenoxy) is 1. The Morgan fingerprint density at radius 2 is 2.00 bits per heavy atom. The summed E-state index contributed by atoms with van der Waals surface area (Å²) in [5, 5.41) is 20.7. The molecule has 1 heterocycles. The number of aromatic amines is 1. The van der Waals surface area contributed by atoms with E-state index in [9.17, 15) is 5.11 Å². The van der Waals surface area contributed by atoms with E-state index in [1.54, 1.807) is 24.4 Å². The maximum atomic E-state index is 9.51. The van der Waals surface area contributed by atoms with Crippen molar-refractivity contribution < 1.29 is 9.84 Å². The van der Waals surface area contributed by atoms with Crippen molar-refractivity contribution in [3.8, 4) is 11.5 Å². The summed E-state index contributed by atoms with van der Waals surface area (Å²) in [5.41, 5.74) is 3.02. The predicted molar refractivity (Wildman–Crippen MR) is 98.8 cm³/mol. The van der Waals surface area contributed by atoms with Crippen LogP contribution in [0.2, 0.25) is 0 Å². The average molecular weight is 354 g/mol. The molecular weight excluding hydrogens is 336 g/mol. The topological polar surface area (TPSA) is 75.4 Å². The van der Waals surface area contributed by atoms with Gasteiger partial charge in [0.15, 0.2) is 5.82 Å². The van der Waals surface area contributed by atoms with Crippen LogP contribution in [-0.2, 0) is 6.61 Å². The van der Waals surface area contributed by atoms with E-state index >= 15 is 0 Å². The minimum Gasteiger partial charge on any atom is -0.508 e. The molecule has 0 aliphatic heterocycles. The summed E-state index contributed by atoms with van der Waals surface area (Å²) in [7, 11) is 0. The molecule has 0 atom stereocenters. The first-order chi connectivity index (χ1) is 12.0. The number of nitrogens with one attached hydrogen (secondary N) is 1. The third-order valence-corrected chi connectivity index (χ3v) is 3.74. The van der Waals surface area contributed by atoms with E-state index < -0.39 is 0 Å². The van der Waals surface area contributed by atoms with Crippen molar-refractivity contribution in [1.29, 1.82) is 0 Å². The van der Waals surface area contributed by atoms with Crippen molar-refractivity contribution in [3.63, 3.8) is 0 Å². The zero-order chi connectivity index (χ0) is 17.8. The van der Waals surface area contributed by atoms with E-state index in [1.807, 2.05) is 32.0 Å². The molecule has 2 N–H and O–H groups in total. The number of hydrogen-bond donors (Lipinski definition) is 2. The summed E-state index contributed by atoms with van der Waals surface area (Å²) in [5.74, 6) is 1.51. The van der Waals surface area contributed by atoms with Gasteiger partial charge in [0.05, 0.1) is 6.21 Å². The van der Waals surface area contributed by atoms with Crippen LogP contribution in [0.3, 0.4) is 0 Å². The molecule has 0 saturated heterocycles. The third kappa shape index (κ3) is 4.33. The lowest BCUT2D eigenvalue weighted by Gasteiger charge is -2.07. The number of phenols is 1. The number of nitrogens with zero attached hydrogens (tertiary/aromatic N) is 3. The van der Waals surface area contributed by atoms with Gasteiger partial charge in [-0.2, -0.15) is 14.9 Å². The fourth-order valence-corrected chi connectivity index (χ4v) is 2.63. The van der Waals surface area contributed by atoms with Crippen LogP contribution in [0.4, 0.5) is 0 Å². The molecule has 0 fully saturated rings. The van der Waals surface area contributed by atoms with Gasteiger partial charge in [-0.3, -0.25) is 0 Å². The SMILES string of the molecule is Cc1cc(C)cc(OCc2n[nH]c(=S)n2/N=C\c2cccc(O)c2)c1. The second kappa shape index (κ2) is 7.31. The Kier molecular flexibility index (Phi) is 4.95. The minimum absolute atomic E-state index is 0.179. The minimum atomic E-state index is 0.179. The van der Waals surface area contributed by atoms with Gasteiger partial charge >= 0.3 is 0 Å². The van der Waals surface area contributed by atoms with E-state index in [4.69, 9.17) is 17.0 Å². The Morgan fingerprint density at radius 1 is 1.24 bits per heavy atom. The highest BCUT2D eigenvalue weighted by Crippen LogP contribution is 2.17. The average Bonchev–Trinajstić information content (AvgIpc) is 2.90. The smallest absolute Gasteiger partial charge is 0.216 e. The second-order valence-corrected chi connectivity index (χ2v) is 6.10. The molecule has 0 bridgehead atoms. The maximum absolute atomic E-state index is 9.51. The van der Waals surface area contributed by atoms with Crippen molar-refractivity contribution in [2.75, 3.05) is 0 Å². The van der Waals surface area contributed by atoms with Gasteiger partial charge in [-0.1, -0.05) is 18.2 Å². The van der Waals surface area contributed by atoms with Crippen LogP contribution in [0, 0.1) is 18.6 Å². The zero-order valence-electron chi connectivity index (χ0n) is 13.9. The number of rotatable bonds is 5. The lowest BCUT2D eigenvalue weighted by Crippen LogP contribution is -2.04. The highest BCUT2D eigenvalue weighted by atomic mass is 32.1. The van der Waals surface area contributed by atoms with E-state index in [2.05, 4.69) is 21.4 Å². The van der Waals surface area contributed by atoms with Crippen LogP contribution in [0.1, 0.15) is 22.5 Å². The monoisotopic (exact) mass is 354 g/mol. The molecular formula is C18H18N4O2S. The predicted octanol–water partition coefficient (Wildman–Crippen LogP) is 3.72. The highest BCUT2D eigenvalue weighted by molar-refractivity contribution is 7.71. The number of benzene rings is 2. The van der Waals surface area contributed by atoms with Crippen molar-refractivity contribution in [2.24, 2.45) is 5.10 Å². The van der Waals surface area contributed by atoms with Crippen molar-refractivity contribution >= 4 is 18.4 Å². The molecule has 3 rings (SSSR count). The largest absolute Gasteiger partial charge is 0.508 e. The Hall–Kier alpha value is -2.93. The summed E-state index contributed by atoms with van der Waals surface area (Å²) >= 11 is 5.21. The van der Waals surface area contributed by atoms with E-state index in [-0.39, 0.29) is 12.4 Å². The molecule has 0 aliphatic carbocycles. The van der Waals surface area contributed by atoms with E-state index in [0.717, 1.165) is 22.4 Å². The molecule has 0 amide bonds. The molecule has 6 nitrogen and oxygen atoms in total. The van der Waals surface area contributed by atoms with E-state index in [0.29, 0.717) is 10.6 Å². The fraction of sp³-hybridized carbons (Fsp3) is 0.167. The lowest BCUT2D eigenvalue weighted by atomic mass is 10.1. The zero-order valence-corrected chi connectivity index (χ0v) is 14.7. The fourth-order valence-electron chi connectivity index (χ4n) is 2.43.